The van der Waals surface area contributed by atoms with Crippen LogP contribution in [0.3, 0.4) is 0 Å². The van der Waals surface area contributed by atoms with E-state index in [4.69, 9.17) is 23.2 Å². The highest BCUT2D eigenvalue weighted by Gasteiger charge is 2.11. The van der Waals surface area contributed by atoms with E-state index in [1.54, 1.807) is 0 Å². The lowest BCUT2D eigenvalue weighted by atomic mass is 10.0. The fraction of sp³-hybridized carbons (Fsp3) is 0.800. The molecule has 0 bridgehead atoms. The molecule has 72 valence electrons. The van der Waals surface area contributed by atoms with Crippen molar-refractivity contribution in [1.82, 2.24) is 0 Å². The van der Waals surface area contributed by atoms with Gasteiger partial charge in [-0.05, 0) is 40.0 Å². The van der Waals surface area contributed by atoms with Crippen molar-refractivity contribution in [3.63, 3.8) is 0 Å². The van der Waals surface area contributed by atoms with Crippen molar-refractivity contribution in [3.05, 3.63) is 11.6 Å². The maximum absolute atomic E-state index is 6.05. The van der Waals surface area contributed by atoms with Gasteiger partial charge in [-0.25, -0.2) is 0 Å². The Kier molecular flexibility index (Phi) is 6.04. The molecule has 12 heavy (non-hydrogen) atoms. The molecule has 0 aromatic heterocycles. The molecule has 0 aromatic carbocycles. The molecule has 0 aliphatic heterocycles. The zero-order chi connectivity index (χ0) is 9.61. The standard InChI is InChI=1S/C10H18Cl2/c1-9(6-8-11)5-4-7-10(2,3)12/h6H,4-5,7-8H2,1-3H3/b9-6-. The average Bonchev–Trinajstić information content (AvgIpc) is 1.84. The van der Waals surface area contributed by atoms with Crippen LogP contribution in [0, 0.1) is 0 Å². The molecule has 0 heterocycles. The van der Waals surface area contributed by atoms with Crippen molar-refractivity contribution in [2.45, 2.75) is 44.9 Å². The van der Waals surface area contributed by atoms with Gasteiger partial charge in [0.2, 0.25) is 0 Å². The average molecular weight is 209 g/mol. The summed E-state index contributed by atoms with van der Waals surface area (Å²) < 4.78 is 0. The molecule has 0 saturated heterocycles. The van der Waals surface area contributed by atoms with Crippen molar-refractivity contribution < 1.29 is 0 Å². The summed E-state index contributed by atoms with van der Waals surface area (Å²) in [6, 6.07) is 0. The molecule has 0 aliphatic rings. The molecule has 0 nitrogen and oxygen atoms in total. The second kappa shape index (κ2) is 5.88. The van der Waals surface area contributed by atoms with Crippen LogP contribution in [0.5, 0.6) is 0 Å². The minimum Gasteiger partial charge on any atom is -0.122 e. The second-order valence-electron chi connectivity index (χ2n) is 3.78. The van der Waals surface area contributed by atoms with Gasteiger partial charge >= 0.3 is 0 Å². The van der Waals surface area contributed by atoms with Crippen molar-refractivity contribution in [2.24, 2.45) is 0 Å². The zero-order valence-corrected chi connectivity index (χ0v) is 9.67. The first-order chi connectivity index (χ1) is 5.45. The quantitative estimate of drug-likeness (QED) is 0.466. The van der Waals surface area contributed by atoms with Gasteiger partial charge in [0.25, 0.3) is 0 Å². The summed E-state index contributed by atoms with van der Waals surface area (Å²) in [5.41, 5.74) is 1.37. The van der Waals surface area contributed by atoms with E-state index in [0.29, 0.717) is 5.88 Å². The van der Waals surface area contributed by atoms with E-state index in [9.17, 15) is 0 Å². The summed E-state index contributed by atoms with van der Waals surface area (Å²) in [6.45, 7) is 6.22. The third kappa shape index (κ3) is 8.42. The van der Waals surface area contributed by atoms with Crippen LogP contribution in [0.1, 0.15) is 40.0 Å². The normalized spacial score (nSPS) is 13.6. The monoisotopic (exact) mass is 208 g/mol. The Hall–Kier alpha value is 0.320. The highest BCUT2D eigenvalue weighted by atomic mass is 35.5. The van der Waals surface area contributed by atoms with Crippen molar-refractivity contribution in [3.8, 4) is 0 Å². The van der Waals surface area contributed by atoms with Crippen LogP contribution < -0.4 is 0 Å². The molecule has 0 N–H and O–H groups in total. The van der Waals surface area contributed by atoms with Gasteiger partial charge in [0.15, 0.2) is 0 Å². The fourth-order valence-corrected chi connectivity index (χ4v) is 1.42. The summed E-state index contributed by atoms with van der Waals surface area (Å²) in [4.78, 5) is -0.0543. The molecule has 2 heteroatoms. The zero-order valence-electron chi connectivity index (χ0n) is 8.16. The van der Waals surface area contributed by atoms with Crippen molar-refractivity contribution in [1.29, 1.82) is 0 Å². The summed E-state index contributed by atoms with van der Waals surface area (Å²) in [6.07, 6.45) is 5.38. The lowest BCUT2D eigenvalue weighted by molar-refractivity contribution is 0.590. The van der Waals surface area contributed by atoms with Gasteiger partial charge in [0, 0.05) is 10.8 Å². The van der Waals surface area contributed by atoms with Gasteiger partial charge in [0.05, 0.1) is 0 Å². The van der Waals surface area contributed by atoms with Crippen LogP contribution in [-0.4, -0.2) is 10.8 Å². The summed E-state index contributed by atoms with van der Waals surface area (Å²) >= 11 is 11.6. The third-order valence-electron chi connectivity index (χ3n) is 1.77. The molecule has 0 fully saturated rings. The number of alkyl halides is 2. The van der Waals surface area contributed by atoms with Crippen molar-refractivity contribution >= 4 is 23.2 Å². The molecule has 0 aromatic rings. The lowest BCUT2D eigenvalue weighted by Gasteiger charge is -2.14. The second-order valence-corrected chi connectivity index (χ2v) is 5.11. The van der Waals surface area contributed by atoms with E-state index in [1.165, 1.54) is 5.57 Å². The Bertz CT molecular complexity index is 142. The Morgan fingerprint density at radius 3 is 2.42 bits per heavy atom. The van der Waals surface area contributed by atoms with Crippen LogP contribution in [0.2, 0.25) is 0 Å². The van der Waals surface area contributed by atoms with E-state index >= 15 is 0 Å². The van der Waals surface area contributed by atoms with Crippen LogP contribution in [-0.2, 0) is 0 Å². The van der Waals surface area contributed by atoms with E-state index in [1.807, 2.05) is 0 Å². The fourth-order valence-electron chi connectivity index (χ4n) is 1.02. The van der Waals surface area contributed by atoms with Crippen LogP contribution in [0.25, 0.3) is 0 Å². The Morgan fingerprint density at radius 2 is 2.00 bits per heavy atom. The van der Waals surface area contributed by atoms with Gasteiger partial charge in [-0.1, -0.05) is 11.6 Å². The van der Waals surface area contributed by atoms with Gasteiger partial charge in [-0.3, -0.25) is 0 Å². The number of hydrogen-bond donors (Lipinski definition) is 0. The van der Waals surface area contributed by atoms with E-state index in [-0.39, 0.29) is 4.87 Å². The number of halogens is 2. The maximum Gasteiger partial charge on any atom is 0.0406 e. The molecule has 0 aliphatic carbocycles. The van der Waals surface area contributed by atoms with Gasteiger partial charge in [-0.15, -0.1) is 23.2 Å². The van der Waals surface area contributed by atoms with E-state index in [2.05, 4.69) is 26.8 Å². The van der Waals surface area contributed by atoms with Gasteiger partial charge in [0.1, 0.15) is 0 Å². The highest BCUT2D eigenvalue weighted by Crippen LogP contribution is 2.21. The lowest BCUT2D eigenvalue weighted by Crippen LogP contribution is -2.09. The van der Waals surface area contributed by atoms with Gasteiger partial charge < -0.3 is 0 Å². The predicted octanol–water partition coefficient (Wildman–Crippen LogP) is 4.36. The molecular formula is C10H18Cl2. The van der Waals surface area contributed by atoms with Crippen LogP contribution in [0.4, 0.5) is 0 Å². The molecule has 0 spiro atoms. The smallest absolute Gasteiger partial charge is 0.0406 e. The first-order valence-corrected chi connectivity index (χ1v) is 5.27. The SMILES string of the molecule is C/C(=C/CCl)CCCC(C)(C)Cl. The largest absolute Gasteiger partial charge is 0.122 e. The third-order valence-corrected chi connectivity index (χ3v) is 2.11. The molecule has 0 saturated carbocycles. The molecule has 0 atom stereocenters. The maximum atomic E-state index is 6.05. The van der Waals surface area contributed by atoms with E-state index < -0.39 is 0 Å². The Morgan fingerprint density at radius 1 is 1.42 bits per heavy atom. The topological polar surface area (TPSA) is 0 Å². The molecule has 0 radical (unpaired) electrons. The minimum absolute atomic E-state index is 0.0543. The van der Waals surface area contributed by atoms with Crippen LogP contribution >= 0.6 is 23.2 Å². The molecule has 0 amide bonds. The first-order valence-electron chi connectivity index (χ1n) is 4.36. The summed E-state index contributed by atoms with van der Waals surface area (Å²) in [7, 11) is 0. The predicted molar refractivity (Wildman–Crippen MR) is 58.3 cm³/mol. The number of allylic oxidation sites excluding steroid dienone is 2. The molecule has 0 unspecified atom stereocenters. The number of rotatable bonds is 5. The van der Waals surface area contributed by atoms with Gasteiger partial charge in [-0.2, -0.15) is 0 Å². The molecular weight excluding hydrogens is 191 g/mol. The number of hydrogen-bond acceptors (Lipinski definition) is 0. The summed E-state index contributed by atoms with van der Waals surface area (Å²) in [5, 5.41) is 0. The highest BCUT2D eigenvalue weighted by molar-refractivity contribution is 6.23. The Labute approximate surface area is 85.9 Å². The first kappa shape index (κ1) is 12.3. The van der Waals surface area contributed by atoms with Crippen molar-refractivity contribution in [2.75, 3.05) is 5.88 Å². The van der Waals surface area contributed by atoms with Crippen LogP contribution in [0.15, 0.2) is 11.6 Å². The summed E-state index contributed by atoms with van der Waals surface area (Å²) in [5.74, 6) is 0.621. The van der Waals surface area contributed by atoms with E-state index in [0.717, 1.165) is 19.3 Å². The minimum atomic E-state index is -0.0543. The molecule has 0 rings (SSSR count). The Balaban J connectivity index is 3.50.